The van der Waals surface area contributed by atoms with Crippen molar-refractivity contribution in [3.63, 3.8) is 0 Å². The minimum atomic E-state index is -5.57. The highest BCUT2D eigenvalue weighted by Crippen LogP contribution is 2.47. The average Bonchev–Trinajstić information content (AvgIpc) is 3.62. The van der Waals surface area contributed by atoms with Gasteiger partial charge in [0.2, 0.25) is 6.04 Å². The second-order valence-corrected chi connectivity index (χ2v) is 19.7. The van der Waals surface area contributed by atoms with E-state index in [-0.39, 0.29) is 52.2 Å². The van der Waals surface area contributed by atoms with E-state index in [9.17, 15) is 81.9 Å². The van der Waals surface area contributed by atoms with Crippen molar-refractivity contribution in [3.8, 4) is 23.0 Å². The normalized spacial score (nSPS) is 14.8. The smallest absolute Gasteiger partial charge is 0.355 e. The number of aromatic hydroxyl groups is 1. The fourth-order valence-corrected chi connectivity index (χ4v) is 9.09. The number of hydrogen-bond donors (Lipinski definition) is 8. The number of ether oxygens (including phenoxy) is 3. The summed E-state index contributed by atoms with van der Waals surface area (Å²) in [6, 6.07) is 8.09. The number of nitrogens with zero attached hydrogens (tertiary/aromatic N) is 8. The number of azo groups is 3. The number of amides is 1. The fourth-order valence-electron chi connectivity index (χ4n) is 6.42. The summed E-state index contributed by atoms with van der Waals surface area (Å²) in [6.45, 7) is -0.571. The van der Waals surface area contributed by atoms with Crippen molar-refractivity contribution in [1.82, 2.24) is 0 Å². The minimum absolute atomic E-state index is 0.0483. The van der Waals surface area contributed by atoms with E-state index in [2.05, 4.69) is 35.8 Å². The van der Waals surface area contributed by atoms with E-state index in [1.165, 1.54) is 20.1 Å². The number of phenolic OH excluding ortho intramolecular Hbond substituents is 1. The quantitative estimate of drug-likeness (QED) is 0.0420. The van der Waals surface area contributed by atoms with Crippen molar-refractivity contribution in [2.45, 2.75) is 32.5 Å². The van der Waals surface area contributed by atoms with Gasteiger partial charge in [0, 0.05) is 29.0 Å². The van der Waals surface area contributed by atoms with Crippen molar-refractivity contribution in [2.75, 3.05) is 38.5 Å². The topological polar surface area (TPSA) is 450 Å². The largest absolute Gasteiger partial charge is 0.505 e. The molecule has 0 aliphatic carbocycles. The summed E-state index contributed by atoms with van der Waals surface area (Å²) in [5.41, 5.74) is -3.67. The van der Waals surface area contributed by atoms with Crippen LogP contribution in [-0.2, 0) is 50.1 Å². The molecular formula is C38H34N8O21S4. The van der Waals surface area contributed by atoms with Crippen LogP contribution < -0.4 is 19.2 Å². The number of fused-ring (bicyclic) bond motifs is 1. The summed E-state index contributed by atoms with van der Waals surface area (Å²) < 4.78 is 154. The van der Waals surface area contributed by atoms with E-state index < -0.39 is 131 Å². The Morgan fingerprint density at radius 2 is 1.21 bits per heavy atom. The molecule has 33 heteroatoms. The molecule has 1 atom stereocenters. The Bertz CT molecular complexity index is 3590. The lowest BCUT2D eigenvalue weighted by atomic mass is 10.1. The second kappa shape index (κ2) is 20.5. The first-order valence-corrected chi connectivity index (χ1v) is 25.0. The minimum Gasteiger partial charge on any atom is -0.505 e. The molecule has 6 rings (SSSR count). The number of carbonyl (C=O) groups is 2. The zero-order valence-electron chi connectivity index (χ0n) is 35.9. The molecule has 0 radical (unpaired) electrons. The summed E-state index contributed by atoms with van der Waals surface area (Å²) in [5, 5.41) is 66.2. The molecule has 8 N–H and O–H groups in total. The number of methoxy groups -OCH3 is 1. The molecule has 1 unspecified atom stereocenters. The number of benzene rings is 5. The molecule has 0 saturated carbocycles. The molecule has 0 aromatic heterocycles. The molecule has 1 amide bonds. The van der Waals surface area contributed by atoms with Gasteiger partial charge in [-0.25, -0.2) is 4.79 Å². The average molecular weight is 1070 g/mol. The number of aliphatic hydroxyl groups excluding tert-OH is 2. The molecule has 1 heterocycles. The molecule has 376 valence electrons. The van der Waals surface area contributed by atoms with E-state index in [1.807, 2.05) is 0 Å². The van der Waals surface area contributed by atoms with Crippen LogP contribution in [0, 0.1) is 6.92 Å². The number of rotatable bonds is 19. The molecule has 0 fully saturated rings. The van der Waals surface area contributed by atoms with Crippen LogP contribution >= 0.6 is 0 Å². The van der Waals surface area contributed by atoms with Gasteiger partial charge < -0.3 is 34.6 Å². The van der Waals surface area contributed by atoms with Gasteiger partial charge in [0.1, 0.15) is 73.6 Å². The highest BCUT2D eigenvalue weighted by molar-refractivity contribution is 7.87. The van der Waals surface area contributed by atoms with E-state index in [0.717, 1.165) is 54.6 Å². The van der Waals surface area contributed by atoms with Crippen LogP contribution in [0.15, 0.2) is 122 Å². The number of hydrogen-bond acceptors (Lipinski definition) is 23. The van der Waals surface area contributed by atoms with Gasteiger partial charge in [-0.15, -0.1) is 20.5 Å². The van der Waals surface area contributed by atoms with E-state index in [1.54, 1.807) is 0 Å². The molecule has 5 aromatic rings. The van der Waals surface area contributed by atoms with Crippen molar-refractivity contribution >= 4 is 103 Å². The number of aryl methyl sites for hydroxylation is 1. The Labute approximate surface area is 399 Å². The number of carboxylic acid groups (broad SMARTS) is 1. The van der Waals surface area contributed by atoms with Crippen LogP contribution in [0.25, 0.3) is 10.8 Å². The second-order valence-electron chi connectivity index (χ2n) is 14.2. The first kappa shape index (κ1) is 52.9. The first-order chi connectivity index (χ1) is 33.2. The van der Waals surface area contributed by atoms with Gasteiger partial charge in [-0.05, 0) is 61.0 Å². The van der Waals surface area contributed by atoms with Gasteiger partial charge in [0.05, 0.1) is 30.9 Å². The van der Waals surface area contributed by atoms with Gasteiger partial charge in [0.25, 0.3) is 46.4 Å². The highest BCUT2D eigenvalue weighted by atomic mass is 32.2. The zero-order valence-corrected chi connectivity index (χ0v) is 39.1. The molecule has 71 heavy (non-hydrogen) atoms. The molecule has 29 nitrogen and oxygen atoms in total. The predicted octanol–water partition coefficient (Wildman–Crippen LogP) is 4.36. The Kier molecular flexibility index (Phi) is 15.3. The van der Waals surface area contributed by atoms with Gasteiger partial charge in [0.15, 0.2) is 11.5 Å². The maximum Gasteiger partial charge on any atom is 0.355 e. The van der Waals surface area contributed by atoms with E-state index >= 15 is 0 Å². The molecule has 1 aliphatic rings. The number of carbonyl (C=O) groups excluding carboxylic acids is 1. The van der Waals surface area contributed by atoms with Crippen molar-refractivity contribution in [3.05, 3.63) is 72.3 Å². The highest BCUT2D eigenvalue weighted by Gasteiger charge is 2.41. The summed E-state index contributed by atoms with van der Waals surface area (Å²) >= 11 is 0. The number of aliphatic carboxylic acids is 1. The summed E-state index contributed by atoms with van der Waals surface area (Å²) in [4.78, 5) is 21.8. The SMILES string of the molecule is COc1cc(S(=O)(=O)O)c(C)cc1N=Nc1cc(OCCO)c(N=Nc2c(S(=O)(=O)O)cc3c(S(=O)(=O)O)c(N=NC4C(=O)N(c5ccc(S(=O)(=O)O)cc5)N=C4C(=O)O)ccc3c2O)cc1OCCO. The lowest BCUT2D eigenvalue weighted by molar-refractivity contribution is -0.130. The monoisotopic (exact) mass is 1070 g/mol. The maximum absolute atomic E-state index is 13.4. The zero-order chi connectivity index (χ0) is 52.4. The van der Waals surface area contributed by atoms with Gasteiger partial charge in [-0.3, -0.25) is 23.0 Å². The third kappa shape index (κ3) is 11.6. The summed E-state index contributed by atoms with van der Waals surface area (Å²) in [5.74, 6) is -4.90. The van der Waals surface area contributed by atoms with E-state index in [0.29, 0.717) is 11.1 Å². The Morgan fingerprint density at radius 1 is 0.662 bits per heavy atom. The lowest BCUT2D eigenvalue weighted by Crippen LogP contribution is -2.33. The Hall–Kier alpha value is -7.47. The first-order valence-electron chi connectivity index (χ1n) is 19.3. The number of carboxylic acids is 1. The van der Waals surface area contributed by atoms with Gasteiger partial charge >= 0.3 is 5.97 Å². The van der Waals surface area contributed by atoms with Crippen LogP contribution in [0.4, 0.5) is 34.1 Å². The van der Waals surface area contributed by atoms with E-state index in [4.69, 9.17) is 14.2 Å². The van der Waals surface area contributed by atoms with Crippen LogP contribution in [-0.4, -0.2) is 129 Å². The fraction of sp³-hybridized carbons (Fsp3) is 0.184. The number of aliphatic hydroxyl groups is 2. The van der Waals surface area contributed by atoms with Crippen molar-refractivity contribution in [1.29, 1.82) is 0 Å². The van der Waals surface area contributed by atoms with Crippen LogP contribution in [0.3, 0.4) is 0 Å². The number of anilines is 1. The van der Waals surface area contributed by atoms with Crippen molar-refractivity contribution in [2.24, 2.45) is 35.8 Å². The number of hydrazone groups is 1. The summed E-state index contributed by atoms with van der Waals surface area (Å²) in [7, 11) is -19.3. The maximum atomic E-state index is 13.4. The lowest BCUT2D eigenvalue weighted by Gasteiger charge is -2.14. The van der Waals surface area contributed by atoms with Crippen molar-refractivity contribution < 1.29 is 96.1 Å². The molecule has 5 aromatic carbocycles. The molecule has 0 bridgehead atoms. The third-order valence-electron chi connectivity index (χ3n) is 9.50. The van der Waals surface area contributed by atoms with Gasteiger partial charge in [-0.1, -0.05) is 0 Å². The predicted molar refractivity (Wildman–Crippen MR) is 240 cm³/mol. The molecular weight excluding hydrogens is 1030 g/mol. The standard InChI is InChI=1S/C38H34N8O21S4/c1-18-13-24(27(65-2)17-30(18)69(56,57)58)40-41-25-15-29(67-12-10-48)26(16-28(25)66-11-9-47)42-43-32-31(70(59,60)61)14-22-21(35(32)49)7-8-23(36(22)71(62,63)64)39-44-33-34(38(51)52)45-46(37(33)50)19-3-5-20(6-4-19)68(53,54)55/h3-8,13-17,33,47-49H,9-12H2,1-2H3,(H,51,52)(H,53,54,55)(H,56,57,58)(H,59,60,61)(H,62,63,64). The third-order valence-corrected chi connectivity index (χ3v) is 13.2. The Balaban J connectivity index is 1.45. The molecule has 0 saturated heterocycles. The number of phenols is 1. The molecule has 0 spiro atoms. The van der Waals surface area contributed by atoms with Gasteiger partial charge in [-0.2, -0.15) is 54.0 Å². The summed E-state index contributed by atoms with van der Waals surface area (Å²) in [6.07, 6.45) is 0. The van der Waals surface area contributed by atoms with Crippen LogP contribution in [0.5, 0.6) is 23.0 Å². The van der Waals surface area contributed by atoms with Crippen LogP contribution in [0.1, 0.15) is 5.56 Å². The Morgan fingerprint density at radius 3 is 1.70 bits per heavy atom. The van der Waals surface area contributed by atoms with Crippen LogP contribution in [0.2, 0.25) is 0 Å². The molecule has 1 aliphatic heterocycles.